The summed E-state index contributed by atoms with van der Waals surface area (Å²) in [4.78, 5) is 62.5. The summed E-state index contributed by atoms with van der Waals surface area (Å²) in [5.74, 6) is -1.73. The first-order valence-electron chi connectivity index (χ1n) is 10.2. The molecule has 0 radical (unpaired) electrons. The molecule has 1 saturated heterocycles. The van der Waals surface area contributed by atoms with Crippen LogP contribution in [0.15, 0.2) is 18.2 Å². The molecule has 4 amide bonds. The zero-order chi connectivity index (χ0) is 22.9. The topological polar surface area (TPSA) is 130 Å². The minimum Gasteiger partial charge on any atom is -0.353 e. The van der Waals surface area contributed by atoms with Crippen molar-refractivity contribution in [3.63, 3.8) is 0 Å². The van der Waals surface area contributed by atoms with Gasteiger partial charge in [0.25, 0.3) is 17.5 Å². The summed E-state index contributed by atoms with van der Waals surface area (Å²) in [5.41, 5.74) is -0.396. The molecule has 0 spiro atoms. The van der Waals surface area contributed by atoms with Gasteiger partial charge in [-0.3, -0.25) is 34.2 Å². The number of imide groups is 1. The molecule has 1 aromatic rings. The number of rotatable bonds is 5. The predicted octanol–water partition coefficient (Wildman–Crippen LogP) is 1.73. The quantitative estimate of drug-likeness (QED) is 0.430. The number of non-ortho nitro benzene ring substituents is 1. The highest BCUT2D eigenvalue weighted by atomic mass is 16.6. The number of amides is 4. The summed E-state index contributed by atoms with van der Waals surface area (Å²) in [6.45, 7) is 6.38. The average Bonchev–Trinajstić information content (AvgIpc) is 2.91. The summed E-state index contributed by atoms with van der Waals surface area (Å²) in [6, 6.07) is 3.45. The maximum absolute atomic E-state index is 12.7. The first kappa shape index (κ1) is 22.4. The van der Waals surface area contributed by atoms with E-state index in [2.05, 4.69) is 5.32 Å². The molecule has 10 nitrogen and oxygen atoms in total. The second-order valence-electron chi connectivity index (χ2n) is 9.14. The van der Waals surface area contributed by atoms with Crippen LogP contribution in [0.4, 0.5) is 5.69 Å². The maximum Gasteiger partial charge on any atom is 0.270 e. The van der Waals surface area contributed by atoms with Gasteiger partial charge in [0, 0.05) is 37.7 Å². The van der Waals surface area contributed by atoms with E-state index in [1.54, 1.807) is 4.90 Å². The second-order valence-corrected chi connectivity index (χ2v) is 9.14. The molecule has 0 bridgehead atoms. The summed E-state index contributed by atoms with van der Waals surface area (Å²) in [7, 11) is 0. The number of carbonyl (C=O) groups excluding carboxylic acids is 4. The van der Waals surface area contributed by atoms with Gasteiger partial charge in [0.1, 0.15) is 6.54 Å². The molecule has 2 aliphatic rings. The number of benzene rings is 1. The molecule has 0 atom stereocenters. The zero-order valence-corrected chi connectivity index (χ0v) is 17.8. The Morgan fingerprint density at radius 3 is 2.32 bits per heavy atom. The van der Waals surface area contributed by atoms with Crippen LogP contribution in [0.3, 0.4) is 0 Å². The molecule has 0 saturated carbocycles. The predicted molar refractivity (Wildman–Crippen MR) is 110 cm³/mol. The molecule has 3 rings (SSSR count). The molecule has 1 N–H and O–H groups in total. The fourth-order valence-electron chi connectivity index (χ4n) is 3.80. The Bertz CT molecular complexity index is 944. The van der Waals surface area contributed by atoms with Crippen molar-refractivity contribution in [1.82, 2.24) is 15.1 Å². The van der Waals surface area contributed by atoms with E-state index in [-0.39, 0.29) is 40.1 Å². The number of nitrogens with one attached hydrogen (secondary N) is 1. The normalized spacial score (nSPS) is 17.0. The van der Waals surface area contributed by atoms with Crippen LogP contribution in [0.25, 0.3) is 0 Å². The molecule has 0 unspecified atom stereocenters. The highest BCUT2D eigenvalue weighted by molar-refractivity contribution is 6.22. The Balaban J connectivity index is 1.56. The highest BCUT2D eigenvalue weighted by Gasteiger charge is 2.39. The lowest BCUT2D eigenvalue weighted by Gasteiger charge is -2.33. The second kappa shape index (κ2) is 8.44. The van der Waals surface area contributed by atoms with Crippen molar-refractivity contribution in [2.45, 2.75) is 46.1 Å². The van der Waals surface area contributed by atoms with E-state index >= 15 is 0 Å². The van der Waals surface area contributed by atoms with Crippen molar-refractivity contribution >= 4 is 29.3 Å². The molecule has 31 heavy (non-hydrogen) atoms. The number of piperidine rings is 1. The van der Waals surface area contributed by atoms with Gasteiger partial charge < -0.3 is 10.2 Å². The lowest BCUT2D eigenvalue weighted by atomic mass is 9.91. The van der Waals surface area contributed by atoms with Crippen molar-refractivity contribution < 1.29 is 24.1 Å². The Kier molecular flexibility index (Phi) is 6.10. The van der Waals surface area contributed by atoms with E-state index in [1.165, 1.54) is 6.07 Å². The molecule has 2 heterocycles. The molecular weight excluding hydrogens is 404 g/mol. The third kappa shape index (κ3) is 5.07. The average molecular weight is 430 g/mol. The van der Waals surface area contributed by atoms with E-state index in [4.69, 9.17) is 0 Å². The van der Waals surface area contributed by atoms with Gasteiger partial charge in [-0.25, -0.2) is 0 Å². The number of nitro groups is 1. The highest BCUT2D eigenvalue weighted by Crippen LogP contribution is 2.27. The van der Waals surface area contributed by atoms with E-state index in [0.29, 0.717) is 32.4 Å². The van der Waals surface area contributed by atoms with E-state index in [1.807, 2.05) is 20.8 Å². The fourth-order valence-corrected chi connectivity index (χ4v) is 3.80. The first-order valence-corrected chi connectivity index (χ1v) is 10.2. The number of hydrogen-bond acceptors (Lipinski definition) is 6. The van der Waals surface area contributed by atoms with Gasteiger partial charge in [0.15, 0.2) is 0 Å². The van der Waals surface area contributed by atoms with Gasteiger partial charge in [-0.1, -0.05) is 20.8 Å². The Labute approximate surface area is 179 Å². The monoisotopic (exact) mass is 430 g/mol. The Hall–Kier alpha value is -3.30. The van der Waals surface area contributed by atoms with Crippen molar-refractivity contribution in [1.29, 1.82) is 0 Å². The number of fused-ring (bicyclic) bond motifs is 1. The standard InChI is InChI=1S/C21H26N4O6/c1-21(2,3)11-17(26)22-13-6-8-23(9-7-13)18(27)12-24-19(28)15-5-4-14(25(30)31)10-16(15)20(24)29/h4-5,10,13H,6-9,11-12H2,1-3H3,(H,22,26). The van der Waals surface area contributed by atoms with Crippen LogP contribution >= 0.6 is 0 Å². The van der Waals surface area contributed by atoms with Crippen LogP contribution in [0.1, 0.15) is 60.7 Å². The van der Waals surface area contributed by atoms with E-state index in [0.717, 1.165) is 17.0 Å². The molecule has 1 aromatic carbocycles. The number of likely N-dealkylation sites (tertiary alicyclic amines) is 1. The summed E-state index contributed by atoms with van der Waals surface area (Å²) in [6.07, 6.45) is 1.61. The molecule has 2 aliphatic heterocycles. The van der Waals surface area contributed by atoms with Crippen LogP contribution in [0, 0.1) is 15.5 Å². The summed E-state index contributed by atoms with van der Waals surface area (Å²) < 4.78 is 0. The van der Waals surface area contributed by atoms with Crippen molar-refractivity contribution in [3.05, 3.63) is 39.4 Å². The Morgan fingerprint density at radius 2 is 1.74 bits per heavy atom. The van der Waals surface area contributed by atoms with Crippen molar-refractivity contribution in [3.8, 4) is 0 Å². The third-order valence-corrected chi connectivity index (χ3v) is 5.36. The lowest BCUT2D eigenvalue weighted by molar-refractivity contribution is -0.384. The van der Waals surface area contributed by atoms with Crippen LogP contribution in [-0.4, -0.2) is 64.0 Å². The summed E-state index contributed by atoms with van der Waals surface area (Å²) >= 11 is 0. The SMILES string of the molecule is CC(C)(C)CC(=O)NC1CCN(C(=O)CN2C(=O)c3ccc([N+](=O)[O-])cc3C2=O)CC1. The van der Waals surface area contributed by atoms with Crippen LogP contribution in [0.2, 0.25) is 0 Å². The maximum atomic E-state index is 12.7. The Morgan fingerprint density at radius 1 is 1.13 bits per heavy atom. The first-order chi connectivity index (χ1) is 14.5. The van der Waals surface area contributed by atoms with Gasteiger partial charge in [-0.15, -0.1) is 0 Å². The van der Waals surface area contributed by atoms with Gasteiger partial charge in [-0.2, -0.15) is 0 Å². The largest absolute Gasteiger partial charge is 0.353 e. The fraction of sp³-hybridized carbons (Fsp3) is 0.524. The van der Waals surface area contributed by atoms with E-state index < -0.39 is 23.3 Å². The number of nitrogens with zero attached hydrogens (tertiary/aromatic N) is 3. The molecule has 0 aliphatic carbocycles. The minimum absolute atomic E-state index is 0.0150. The lowest BCUT2D eigenvalue weighted by Crippen LogP contribution is -2.49. The third-order valence-electron chi connectivity index (χ3n) is 5.36. The van der Waals surface area contributed by atoms with Crippen molar-refractivity contribution in [2.75, 3.05) is 19.6 Å². The van der Waals surface area contributed by atoms with Crippen LogP contribution in [0.5, 0.6) is 0 Å². The molecule has 0 aromatic heterocycles. The zero-order valence-electron chi connectivity index (χ0n) is 17.8. The van der Waals surface area contributed by atoms with Crippen LogP contribution in [-0.2, 0) is 9.59 Å². The molecule has 166 valence electrons. The van der Waals surface area contributed by atoms with E-state index in [9.17, 15) is 29.3 Å². The van der Waals surface area contributed by atoms with Crippen molar-refractivity contribution in [2.24, 2.45) is 5.41 Å². The van der Waals surface area contributed by atoms with Gasteiger partial charge in [-0.05, 0) is 24.3 Å². The van der Waals surface area contributed by atoms with Gasteiger partial charge >= 0.3 is 0 Å². The summed E-state index contributed by atoms with van der Waals surface area (Å²) in [5, 5.41) is 13.9. The molecule has 1 fully saturated rings. The number of hydrogen-bond donors (Lipinski definition) is 1. The molecule has 10 heteroatoms. The molecular formula is C21H26N4O6. The smallest absolute Gasteiger partial charge is 0.270 e. The van der Waals surface area contributed by atoms with Gasteiger partial charge in [0.2, 0.25) is 11.8 Å². The van der Waals surface area contributed by atoms with Crippen LogP contribution < -0.4 is 5.32 Å². The van der Waals surface area contributed by atoms with Gasteiger partial charge in [0.05, 0.1) is 16.1 Å². The number of carbonyl (C=O) groups is 4. The number of nitro benzene ring substituents is 1. The minimum atomic E-state index is -0.707.